The quantitative estimate of drug-likeness (QED) is 0.298. The van der Waals surface area contributed by atoms with E-state index in [4.69, 9.17) is 4.74 Å². The summed E-state index contributed by atoms with van der Waals surface area (Å²) in [5.74, 6) is -0.265. The van der Waals surface area contributed by atoms with Gasteiger partial charge >= 0.3 is 0 Å². The number of nitrogens with zero attached hydrogens (tertiary/aromatic N) is 2. The zero-order valence-corrected chi connectivity index (χ0v) is 20.3. The van der Waals surface area contributed by atoms with Gasteiger partial charge in [0.25, 0.3) is 0 Å². The Bertz CT molecular complexity index is 1450. The third-order valence-corrected chi connectivity index (χ3v) is 6.66. The van der Waals surface area contributed by atoms with Crippen LogP contribution in [0.25, 0.3) is 11.3 Å². The van der Waals surface area contributed by atoms with Gasteiger partial charge in [-0.1, -0.05) is 12.1 Å². The first-order valence-corrected chi connectivity index (χ1v) is 12.0. The number of aromatic hydroxyl groups is 1. The number of ketones is 1. The molecule has 0 fully saturated rings. The van der Waals surface area contributed by atoms with Crippen LogP contribution in [-0.4, -0.2) is 27.6 Å². The van der Waals surface area contributed by atoms with Crippen molar-refractivity contribution in [1.29, 1.82) is 0 Å². The van der Waals surface area contributed by atoms with Crippen LogP contribution in [-0.2, 0) is 17.6 Å². The van der Waals surface area contributed by atoms with E-state index in [0.29, 0.717) is 23.6 Å². The normalized spacial score (nSPS) is 13.2. The predicted molar refractivity (Wildman–Crippen MR) is 137 cm³/mol. The predicted octanol–water partition coefficient (Wildman–Crippen LogP) is 6.18. The molecular formula is C30H26F2N2O3. The summed E-state index contributed by atoms with van der Waals surface area (Å²) >= 11 is 0. The van der Waals surface area contributed by atoms with Gasteiger partial charge < -0.3 is 14.4 Å². The maximum Gasteiger partial charge on any atom is 0.138 e. The van der Waals surface area contributed by atoms with Crippen LogP contribution < -0.4 is 4.74 Å². The number of hydrogen-bond acceptors (Lipinski definition) is 4. The molecule has 0 radical (unpaired) electrons. The maximum atomic E-state index is 14.0. The standard InChI is InChI=1S/C30H26F2N2O3/c1-37-28-8-5-25(6-9-28)34-11-10-33-30(34)22(12-19-13-23(31)17-24(32)14-19)16-27(36)15-21-3-2-20-4-7-26(35)18-29(20)21/h3-11,13-14,17-18,22,35H,2,12,15-16H2,1H3/t22-/m0/s1. The average molecular weight is 501 g/mol. The molecular weight excluding hydrogens is 474 g/mol. The van der Waals surface area contributed by atoms with E-state index in [9.17, 15) is 18.7 Å². The Morgan fingerprint density at radius 3 is 2.57 bits per heavy atom. The van der Waals surface area contributed by atoms with Crippen molar-refractivity contribution in [3.8, 4) is 17.2 Å². The summed E-state index contributed by atoms with van der Waals surface area (Å²) in [6.07, 6.45) is 6.76. The van der Waals surface area contributed by atoms with Gasteiger partial charge in [0.2, 0.25) is 0 Å². The van der Waals surface area contributed by atoms with Gasteiger partial charge in [0, 0.05) is 42.9 Å². The minimum absolute atomic E-state index is 0.0198. The lowest BCUT2D eigenvalue weighted by Gasteiger charge is -2.19. The van der Waals surface area contributed by atoms with Crippen LogP contribution in [0.1, 0.15) is 41.3 Å². The first-order chi connectivity index (χ1) is 17.9. The molecule has 0 amide bonds. The minimum Gasteiger partial charge on any atom is -0.508 e. The van der Waals surface area contributed by atoms with E-state index in [-0.39, 0.29) is 30.8 Å². The van der Waals surface area contributed by atoms with Crippen molar-refractivity contribution >= 4 is 11.4 Å². The Morgan fingerprint density at radius 1 is 1.08 bits per heavy atom. The summed E-state index contributed by atoms with van der Waals surface area (Å²) in [4.78, 5) is 17.9. The SMILES string of the molecule is COc1ccc(-n2ccnc2[C@H](CC(=O)CC2=CCc3ccc(O)cc32)Cc2cc(F)cc(F)c2)cc1. The first-order valence-electron chi connectivity index (χ1n) is 12.0. The highest BCUT2D eigenvalue weighted by molar-refractivity contribution is 5.92. The Hall–Kier alpha value is -4.26. The second kappa shape index (κ2) is 10.4. The van der Waals surface area contributed by atoms with Crippen LogP contribution in [0.3, 0.4) is 0 Å². The van der Waals surface area contributed by atoms with Crippen LogP contribution in [0, 0.1) is 11.6 Å². The van der Waals surface area contributed by atoms with Crippen molar-refractivity contribution in [1.82, 2.24) is 9.55 Å². The smallest absolute Gasteiger partial charge is 0.138 e. The van der Waals surface area contributed by atoms with Crippen LogP contribution >= 0.6 is 0 Å². The fourth-order valence-electron chi connectivity index (χ4n) is 4.96. The largest absolute Gasteiger partial charge is 0.508 e. The number of fused-ring (bicyclic) bond motifs is 1. The van der Waals surface area contributed by atoms with Gasteiger partial charge in [0.15, 0.2) is 0 Å². The molecule has 1 atom stereocenters. The zero-order valence-electron chi connectivity index (χ0n) is 20.3. The molecule has 37 heavy (non-hydrogen) atoms. The molecule has 4 aromatic rings. The number of imidazole rings is 1. The highest BCUT2D eigenvalue weighted by Crippen LogP contribution is 2.34. The van der Waals surface area contributed by atoms with Gasteiger partial charge in [-0.05, 0) is 83.6 Å². The number of ether oxygens (including phenoxy) is 1. The summed E-state index contributed by atoms with van der Waals surface area (Å²) in [6, 6.07) is 16.1. The lowest BCUT2D eigenvalue weighted by molar-refractivity contribution is -0.118. The number of phenols is 1. The Labute approximate surface area is 213 Å². The van der Waals surface area contributed by atoms with E-state index in [0.717, 1.165) is 28.5 Å². The molecule has 0 bridgehead atoms. The molecule has 3 aromatic carbocycles. The number of carbonyl (C=O) groups is 1. The molecule has 188 valence electrons. The molecule has 1 N–H and O–H groups in total. The Morgan fingerprint density at radius 2 is 1.84 bits per heavy atom. The molecule has 0 saturated carbocycles. The number of Topliss-reactive ketones (excluding diaryl/α,β-unsaturated/α-hetero) is 1. The van der Waals surface area contributed by atoms with Crippen molar-refractivity contribution in [3.05, 3.63) is 113 Å². The fourth-order valence-corrected chi connectivity index (χ4v) is 4.96. The molecule has 1 aromatic heterocycles. The highest BCUT2D eigenvalue weighted by atomic mass is 19.1. The molecule has 5 rings (SSSR count). The molecule has 1 heterocycles. The number of rotatable bonds is 9. The van der Waals surface area contributed by atoms with Crippen molar-refractivity contribution in [2.45, 2.75) is 31.6 Å². The summed E-state index contributed by atoms with van der Waals surface area (Å²) in [6.45, 7) is 0. The van der Waals surface area contributed by atoms with Crippen molar-refractivity contribution < 1.29 is 23.4 Å². The first kappa shape index (κ1) is 24.4. The van der Waals surface area contributed by atoms with Crippen molar-refractivity contribution in [2.24, 2.45) is 0 Å². The van der Waals surface area contributed by atoms with Crippen LogP contribution in [0.2, 0.25) is 0 Å². The molecule has 1 aliphatic carbocycles. The number of allylic oxidation sites excluding steroid dienone is 2. The van der Waals surface area contributed by atoms with E-state index in [1.54, 1.807) is 31.6 Å². The van der Waals surface area contributed by atoms with E-state index in [2.05, 4.69) is 4.98 Å². The van der Waals surface area contributed by atoms with Gasteiger partial charge in [-0.25, -0.2) is 13.8 Å². The lowest BCUT2D eigenvalue weighted by atomic mass is 9.90. The van der Waals surface area contributed by atoms with Crippen molar-refractivity contribution in [2.75, 3.05) is 7.11 Å². The molecule has 7 heteroatoms. The summed E-state index contributed by atoms with van der Waals surface area (Å²) in [5.41, 5.74) is 4.12. The molecule has 0 aliphatic heterocycles. The summed E-state index contributed by atoms with van der Waals surface area (Å²) in [7, 11) is 1.59. The highest BCUT2D eigenvalue weighted by Gasteiger charge is 2.25. The Kier molecular flexibility index (Phi) is 6.86. The maximum absolute atomic E-state index is 14.0. The van der Waals surface area contributed by atoms with Crippen LogP contribution in [0.15, 0.2) is 79.1 Å². The van der Waals surface area contributed by atoms with Gasteiger partial charge in [-0.15, -0.1) is 0 Å². The number of benzene rings is 3. The number of carbonyl (C=O) groups excluding carboxylic acids is 1. The molecule has 0 spiro atoms. The number of methoxy groups -OCH3 is 1. The summed E-state index contributed by atoms with van der Waals surface area (Å²) < 4.78 is 35.1. The van der Waals surface area contributed by atoms with Crippen molar-refractivity contribution in [3.63, 3.8) is 0 Å². The number of hydrogen-bond donors (Lipinski definition) is 1. The van der Waals surface area contributed by atoms with E-state index in [1.165, 1.54) is 12.1 Å². The minimum atomic E-state index is -0.661. The van der Waals surface area contributed by atoms with Crippen LogP contribution in [0.5, 0.6) is 11.5 Å². The fraction of sp³-hybridized carbons (Fsp3) is 0.200. The van der Waals surface area contributed by atoms with E-state index in [1.807, 2.05) is 41.0 Å². The topological polar surface area (TPSA) is 64.4 Å². The molecule has 5 nitrogen and oxygen atoms in total. The third-order valence-electron chi connectivity index (χ3n) is 6.66. The average Bonchev–Trinajstić information content (AvgIpc) is 3.51. The third kappa shape index (κ3) is 5.45. The number of phenolic OH excluding ortho intramolecular Hbond substituents is 1. The monoisotopic (exact) mass is 500 g/mol. The number of halogens is 2. The van der Waals surface area contributed by atoms with E-state index < -0.39 is 17.6 Å². The Balaban J connectivity index is 1.43. The van der Waals surface area contributed by atoms with Gasteiger partial charge in [0.05, 0.1) is 7.11 Å². The molecule has 0 saturated heterocycles. The second-order valence-corrected chi connectivity index (χ2v) is 9.23. The van der Waals surface area contributed by atoms with Crippen LogP contribution in [0.4, 0.5) is 8.78 Å². The molecule has 1 aliphatic rings. The number of aromatic nitrogens is 2. The van der Waals surface area contributed by atoms with Gasteiger partial charge in [0.1, 0.15) is 34.7 Å². The van der Waals surface area contributed by atoms with E-state index >= 15 is 0 Å². The van der Waals surface area contributed by atoms with Gasteiger partial charge in [-0.3, -0.25) is 4.79 Å². The zero-order chi connectivity index (χ0) is 25.9. The van der Waals surface area contributed by atoms with Gasteiger partial charge in [-0.2, -0.15) is 0 Å². The summed E-state index contributed by atoms with van der Waals surface area (Å²) in [5, 5.41) is 9.91. The molecule has 0 unspecified atom stereocenters. The second-order valence-electron chi connectivity index (χ2n) is 9.23. The lowest BCUT2D eigenvalue weighted by Crippen LogP contribution is -2.15.